The van der Waals surface area contributed by atoms with Crippen LogP contribution in [0.5, 0.6) is 11.5 Å². The summed E-state index contributed by atoms with van der Waals surface area (Å²) in [5.74, 6) is 0.524. The van der Waals surface area contributed by atoms with Crippen molar-refractivity contribution in [3.8, 4) is 11.5 Å². The fourth-order valence-electron chi connectivity index (χ4n) is 2.62. The number of hydrogen-bond donors (Lipinski definition) is 3. The first-order valence-electron chi connectivity index (χ1n) is 9.52. The van der Waals surface area contributed by atoms with Crippen LogP contribution in [-0.4, -0.2) is 33.2 Å². The topological polar surface area (TPSA) is 106 Å². The maximum atomic E-state index is 12.6. The van der Waals surface area contributed by atoms with E-state index in [9.17, 15) is 13.2 Å². The molecule has 0 fully saturated rings. The van der Waals surface area contributed by atoms with Crippen molar-refractivity contribution < 1.29 is 22.7 Å². The molecule has 3 aromatic carbocycles. The first kappa shape index (κ1) is 24.3. The van der Waals surface area contributed by atoms with Gasteiger partial charge in [0, 0.05) is 11.4 Å². The molecule has 0 saturated heterocycles. The highest BCUT2D eigenvalue weighted by atomic mass is 35.5. The molecule has 172 valence electrons. The standard InChI is InChI=1S/C22H20ClN3O5S2/c1-30-17-10-6-16(7-11-17)26-33(28,29)18-12-8-15(9-13-18)24-22(32)25-21(27)14-31-20-5-3-2-4-19(20)23/h2-13,26H,14H2,1H3,(H2,24,25,27,32). The predicted octanol–water partition coefficient (Wildman–Crippen LogP) is 4.04. The van der Waals surface area contributed by atoms with Crippen LogP contribution in [-0.2, 0) is 14.8 Å². The van der Waals surface area contributed by atoms with E-state index in [1.54, 1.807) is 48.5 Å². The van der Waals surface area contributed by atoms with Crippen molar-refractivity contribution in [3.63, 3.8) is 0 Å². The van der Waals surface area contributed by atoms with E-state index in [0.717, 1.165) is 0 Å². The number of ether oxygens (including phenoxy) is 2. The second kappa shape index (κ2) is 11.0. The summed E-state index contributed by atoms with van der Waals surface area (Å²) in [4.78, 5) is 12.1. The van der Waals surface area contributed by atoms with Crippen LogP contribution in [0.25, 0.3) is 0 Å². The van der Waals surface area contributed by atoms with Crippen molar-refractivity contribution in [2.24, 2.45) is 0 Å². The summed E-state index contributed by atoms with van der Waals surface area (Å²) in [5, 5.41) is 5.72. The molecule has 8 nitrogen and oxygen atoms in total. The van der Waals surface area contributed by atoms with Crippen LogP contribution in [0.2, 0.25) is 5.02 Å². The predicted molar refractivity (Wildman–Crippen MR) is 132 cm³/mol. The summed E-state index contributed by atoms with van der Waals surface area (Å²) in [7, 11) is -2.25. The highest BCUT2D eigenvalue weighted by molar-refractivity contribution is 7.92. The Kier molecular flexibility index (Phi) is 8.10. The molecule has 33 heavy (non-hydrogen) atoms. The molecule has 0 radical (unpaired) electrons. The highest BCUT2D eigenvalue weighted by Crippen LogP contribution is 2.23. The average Bonchev–Trinajstić information content (AvgIpc) is 2.79. The van der Waals surface area contributed by atoms with Crippen molar-refractivity contribution in [1.29, 1.82) is 0 Å². The minimum atomic E-state index is -3.78. The lowest BCUT2D eigenvalue weighted by atomic mass is 10.3. The molecule has 0 spiro atoms. The van der Waals surface area contributed by atoms with Gasteiger partial charge in [-0.1, -0.05) is 23.7 Å². The summed E-state index contributed by atoms with van der Waals surface area (Å²) in [6.45, 7) is -0.278. The second-order valence-electron chi connectivity index (χ2n) is 6.58. The number of sulfonamides is 1. The smallest absolute Gasteiger partial charge is 0.264 e. The number of methoxy groups -OCH3 is 1. The molecule has 0 aromatic heterocycles. The van der Waals surface area contributed by atoms with Crippen LogP contribution in [0.15, 0.2) is 77.7 Å². The molecule has 0 aliphatic heterocycles. The van der Waals surface area contributed by atoms with E-state index in [0.29, 0.717) is 27.9 Å². The van der Waals surface area contributed by atoms with Crippen LogP contribution in [0, 0.1) is 0 Å². The molecule has 3 N–H and O–H groups in total. The summed E-state index contributed by atoms with van der Waals surface area (Å²) < 4.78 is 38.1. The SMILES string of the molecule is COc1ccc(NS(=O)(=O)c2ccc(NC(=S)NC(=O)COc3ccccc3Cl)cc2)cc1. The summed E-state index contributed by atoms with van der Waals surface area (Å²) in [5.41, 5.74) is 0.900. The number of rotatable bonds is 8. The number of carbonyl (C=O) groups excluding carboxylic acids is 1. The van der Waals surface area contributed by atoms with Crippen molar-refractivity contribution in [1.82, 2.24) is 5.32 Å². The first-order valence-corrected chi connectivity index (χ1v) is 11.8. The number of hydrogen-bond acceptors (Lipinski definition) is 6. The molecule has 3 rings (SSSR count). The molecule has 0 saturated carbocycles. The van der Waals surface area contributed by atoms with Crippen LogP contribution < -0.4 is 24.8 Å². The van der Waals surface area contributed by atoms with Gasteiger partial charge in [0.1, 0.15) is 11.5 Å². The Morgan fingerprint density at radius 1 is 0.970 bits per heavy atom. The van der Waals surface area contributed by atoms with Crippen molar-refractivity contribution in [2.45, 2.75) is 4.90 Å². The van der Waals surface area contributed by atoms with E-state index in [2.05, 4.69) is 15.4 Å². The van der Waals surface area contributed by atoms with Crippen molar-refractivity contribution in [2.75, 3.05) is 23.8 Å². The highest BCUT2D eigenvalue weighted by Gasteiger charge is 2.14. The third kappa shape index (κ3) is 7.07. The Balaban J connectivity index is 1.53. The van der Waals surface area contributed by atoms with Gasteiger partial charge in [0.05, 0.1) is 17.0 Å². The summed E-state index contributed by atoms with van der Waals surface area (Å²) in [6, 6.07) is 19.2. The number of nitrogens with one attached hydrogen (secondary N) is 3. The molecule has 3 aromatic rings. The van der Waals surface area contributed by atoms with E-state index < -0.39 is 15.9 Å². The molecule has 0 heterocycles. The van der Waals surface area contributed by atoms with E-state index in [4.69, 9.17) is 33.3 Å². The molecular formula is C22H20ClN3O5S2. The van der Waals surface area contributed by atoms with Gasteiger partial charge >= 0.3 is 0 Å². The molecule has 0 unspecified atom stereocenters. The Labute approximate surface area is 201 Å². The van der Waals surface area contributed by atoms with E-state index >= 15 is 0 Å². The lowest BCUT2D eigenvalue weighted by Crippen LogP contribution is -2.37. The monoisotopic (exact) mass is 505 g/mol. The number of carbonyl (C=O) groups is 1. The van der Waals surface area contributed by atoms with E-state index in [1.165, 1.54) is 31.4 Å². The minimum absolute atomic E-state index is 0.0368. The fourth-order valence-corrected chi connectivity index (χ4v) is 4.10. The largest absolute Gasteiger partial charge is 0.497 e. The van der Waals surface area contributed by atoms with Gasteiger partial charge in [-0.2, -0.15) is 0 Å². The Hall–Kier alpha value is -3.34. The van der Waals surface area contributed by atoms with Gasteiger partial charge in [-0.3, -0.25) is 14.8 Å². The first-order chi connectivity index (χ1) is 15.8. The molecule has 0 aliphatic rings. The third-order valence-corrected chi connectivity index (χ3v) is 6.13. The third-order valence-electron chi connectivity index (χ3n) is 4.21. The minimum Gasteiger partial charge on any atom is -0.497 e. The number of halogens is 1. The summed E-state index contributed by atoms with van der Waals surface area (Å²) >= 11 is 11.1. The van der Waals surface area contributed by atoms with Gasteiger partial charge in [-0.25, -0.2) is 8.42 Å². The van der Waals surface area contributed by atoms with Crippen LogP contribution in [0.3, 0.4) is 0 Å². The van der Waals surface area contributed by atoms with Gasteiger partial charge in [-0.15, -0.1) is 0 Å². The lowest BCUT2D eigenvalue weighted by Gasteiger charge is -2.12. The van der Waals surface area contributed by atoms with Gasteiger partial charge < -0.3 is 14.8 Å². The Morgan fingerprint density at radius 3 is 2.24 bits per heavy atom. The maximum Gasteiger partial charge on any atom is 0.264 e. The second-order valence-corrected chi connectivity index (χ2v) is 9.08. The van der Waals surface area contributed by atoms with E-state index in [1.807, 2.05) is 0 Å². The quantitative estimate of drug-likeness (QED) is 0.397. The number of anilines is 2. The number of benzene rings is 3. The normalized spacial score (nSPS) is 10.7. The average molecular weight is 506 g/mol. The van der Waals surface area contributed by atoms with Gasteiger partial charge in [0.15, 0.2) is 11.7 Å². The van der Waals surface area contributed by atoms with Crippen molar-refractivity contribution >= 4 is 56.2 Å². The number of amides is 1. The zero-order valence-corrected chi connectivity index (χ0v) is 19.8. The molecule has 1 amide bonds. The number of para-hydroxylation sites is 1. The zero-order valence-electron chi connectivity index (χ0n) is 17.4. The van der Waals surface area contributed by atoms with Gasteiger partial charge in [0.2, 0.25) is 0 Å². The number of thiocarbonyl (C=S) groups is 1. The van der Waals surface area contributed by atoms with Crippen molar-refractivity contribution in [3.05, 3.63) is 77.8 Å². The molecule has 0 aliphatic carbocycles. The molecule has 0 bridgehead atoms. The summed E-state index contributed by atoms with van der Waals surface area (Å²) in [6.07, 6.45) is 0. The van der Waals surface area contributed by atoms with Crippen LogP contribution in [0.1, 0.15) is 0 Å². The Morgan fingerprint density at radius 2 is 1.61 bits per heavy atom. The van der Waals surface area contributed by atoms with Gasteiger partial charge in [0.25, 0.3) is 15.9 Å². The zero-order chi connectivity index (χ0) is 23.8. The van der Waals surface area contributed by atoms with E-state index in [-0.39, 0.29) is 16.6 Å². The molecule has 0 atom stereocenters. The van der Waals surface area contributed by atoms with Crippen LogP contribution in [0.4, 0.5) is 11.4 Å². The Bertz CT molecular complexity index is 1230. The van der Waals surface area contributed by atoms with Gasteiger partial charge in [-0.05, 0) is 72.9 Å². The maximum absolute atomic E-state index is 12.6. The fraction of sp³-hybridized carbons (Fsp3) is 0.0909. The molecular weight excluding hydrogens is 486 g/mol. The lowest BCUT2D eigenvalue weighted by molar-refractivity contribution is -0.121. The van der Waals surface area contributed by atoms with Crippen LogP contribution >= 0.6 is 23.8 Å². The molecule has 11 heteroatoms.